The highest BCUT2D eigenvalue weighted by Crippen LogP contribution is 2.33. The van der Waals surface area contributed by atoms with Crippen LogP contribution in [0.4, 0.5) is 14.9 Å². The van der Waals surface area contributed by atoms with Gasteiger partial charge in [-0.2, -0.15) is 5.26 Å². The Morgan fingerprint density at radius 2 is 2.12 bits per heavy atom. The Balaban J connectivity index is 1.79. The number of nitriles is 1. The monoisotopic (exact) mass is 358 g/mol. The Labute approximate surface area is 148 Å². The van der Waals surface area contributed by atoms with Gasteiger partial charge in [-0.05, 0) is 29.8 Å². The van der Waals surface area contributed by atoms with Gasteiger partial charge in [-0.3, -0.25) is 5.32 Å². The van der Waals surface area contributed by atoms with E-state index in [0.29, 0.717) is 24.5 Å². The lowest BCUT2D eigenvalue weighted by Crippen LogP contribution is -2.08. The Morgan fingerprint density at radius 3 is 2.81 bits per heavy atom. The minimum Gasteiger partial charge on any atom is -0.486 e. The van der Waals surface area contributed by atoms with Gasteiger partial charge >= 0.3 is 6.09 Å². The molecule has 1 fully saturated rings. The molecule has 2 aromatic rings. The third-order valence-corrected chi connectivity index (χ3v) is 3.69. The van der Waals surface area contributed by atoms with Crippen LogP contribution in [-0.2, 0) is 16.1 Å². The van der Waals surface area contributed by atoms with Crippen LogP contribution >= 0.6 is 0 Å². The molecule has 26 heavy (non-hydrogen) atoms. The molecule has 0 radical (unpaired) electrons. The van der Waals surface area contributed by atoms with Gasteiger partial charge in [0.25, 0.3) is 0 Å². The van der Waals surface area contributed by atoms with Crippen LogP contribution in [0.15, 0.2) is 36.4 Å². The molecule has 1 aliphatic rings. The molecule has 1 saturated heterocycles. The smallest absolute Gasteiger partial charge is 0.409 e. The molecular weight excluding hydrogens is 343 g/mol. The van der Waals surface area contributed by atoms with Gasteiger partial charge in [-0.15, -0.1) is 0 Å². The van der Waals surface area contributed by atoms with Crippen molar-refractivity contribution in [2.24, 2.45) is 0 Å². The topological polar surface area (TPSA) is 101 Å². The van der Waals surface area contributed by atoms with Crippen LogP contribution in [0.1, 0.15) is 23.0 Å². The third kappa shape index (κ3) is 3.91. The van der Waals surface area contributed by atoms with Crippen molar-refractivity contribution in [2.75, 3.05) is 18.5 Å². The molecule has 0 saturated carbocycles. The molecule has 0 atom stereocenters. The minimum atomic E-state index is -1.18. The summed E-state index contributed by atoms with van der Waals surface area (Å²) in [5.74, 6) is -0.759. The number of anilines is 1. The number of hydrogen-bond acceptors (Lipinski definition) is 5. The second-order valence-electron chi connectivity index (χ2n) is 5.44. The summed E-state index contributed by atoms with van der Waals surface area (Å²) < 4.78 is 30.9. The van der Waals surface area contributed by atoms with Crippen LogP contribution in [0.3, 0.4) is 0 Å². The zero-order valence-electron chi connectivity index (χ0n) is 13.6. The fraction of sp³-hybridized carbons (Fsp3) is 0.222. The van der Waals surface area contributed by atoms with Crippen molar-refractivity contribution in [2.45, 2.75) is 12.9 Å². The first kappa shape index (κ1) is 17.7. The molecule has 2 N–H and O–H groups in total. The van der Waals surface area contributed by atoms with Gasteiger partial charge in [0.15, 0.2) is 17.9 Å². The van der Waals surface area contributed by atoms with E-state index in [1.807, 2.05) is 6.07 Å². The average molecular weight is 358 g/mol. The van der Waals surface area contributed by atoms with E-state index >= 15 is 0 Å². The van der Waals surface area contributed by atoms with Gasteiger partial charge in [0, 0.05) is 5.69 Å². The maximum Gasteiger partial charge on any atom is 0.409 e. The highest BCUT2D eigenvalue weighted by atomic mass is 19.1. The number of hydrogen-bond donors (Lipinski definition) is 2. The number of halogens is 1. The number of benzene rings is 2. The van der Waals surface area contributed by atoms with Crippen molar-refractivity contribution in [3.63, 3.8) is 0 Å². The molecule has 134 valence electrons. The number of rotatable bonds is 5. The molecule has 1 aliphatic heterocycles. The molecule has 0 aliphatic carbocycles. The number of ether oxygens (including phenoxy) is 3. The zero-order chi connectivity index (χ0) is 18.5. The lowest BCUT2D eigenvalue weighted by atomic mass is 10.1. The van der Waals surface area contributed by atoms with Crippen molar-refractivity contribution >= 4 is 11.8 Å². The maximum atomic E-state index is 14.8. The van der Waals surface area contributed by atoms with Crippen molar-refractivity contribution in [1.29, 1.82) is 5.26 Å². The van der Waals surface area contributed by atoms with E-state index < -0.39 is 18.2 Å². The van der Waals surface area contributed by atoms with E-state index in [9.17, 15) is 14.4 Å². The van der Waals surface area contributed by atoms with Gasteiger partial charge in [0.2, 0.25) is 0 Å². The fourth-order valence-electron chi connectivity index (χ4n) is 2.56. The van der Waals surface area contributed by atoms with Crippen molar-refractivity contribution in [3.8, 4) is 11.8 Å². The predicted molar refractivity (Wildman–Crippen MR) is 88.2 cm³/mol. The summed E-state index contributed by atoms with van der Waals surface area (Å²) in [6.45, 7) is 0.663. The molecule has 3 rings (SSSR count). The average Bonchev–Trinajstić information content (AvgIpc) is 3.14. The van der Waals surface area contributed by atoms with Crippen molar-refractivity contribution in [1.82, 2.24) is 0 Å². The summed E-state index contributed by atoms with van der Waals surface area (Å²) in [5.41, 5.74) is 1.17. The number of nitrogens with zero attached hydrogens (tertiary/aromatic N) is 1. The van der Waals surface area contributed by atoms with E-state index in [1.165, 1.54) is 12.1 Å². The predicted octanol–water partition coefficient (Wildman–Crippen LogP) is 3.41. The Morgan fingerprint density at radius 1 is 1.35 bits per heavy atom. The van der Waals surface area contributed by atoms with Crippen LogP contribution in [0.5, 0.6) is 5.75 Å². The first-order chi connectivity index (χ1) is 12.6. The summed E-state index contributed by atoms with van der Waals surface area (Å²) in [6.07, 6.45) is -2.11. The number of carbonyl (C=O) groups is 1. The molecule has 0 unspecified atom stereocenters. The van der Waals surface area contributed by atoms with Crippen LogP contribution < -0.4 is 10.1 Å². The lowest BCUT2D eigenvalue weighted by Gasteiger charge is -2.15. The van der Waals surface area contributed by atoms with E-state index in [4.69, 9.17) is 19.3 Å². The standard InChI is InChI=1S/C18H15FN2O5/c19-16-14(5-4-12(9-20)15(16)17-24-6-7-25-17)26-10-11-2-1-3-13(8-11)21-18(22)23/h1-5,8,17,21H,6-7,10H2,(H,22,23). The van der Waals surface area contributed by atoms with E-state index in [0.717, 1.165) is 0 Å². The van der Waals surface area contributed by atoms with Crippen molar-refractivity contribution in [3.05, 3.63) is 58.9 Å². The van der Waals surface area contributed by atoms with Crippen molar-refractivity contribution < 1.29 is 28.5 Å². The van der Waals surface area contributed by atoms with E-state index in [-0.39, 0.29) is 23.5 Å². The summed E-state index contributed by atoms with van der Waals surface area (Å²) in [4.78, 5) is 10.7. The minimum absolute atomic E-state index is 0.0174. The third-order valence-electron chi connectivity index (χ3n) is 3.69. The maximum absolute atomic E-state index is 14.8. The molecule has 1 heterocycles. The van der Waals surface area contributed by atoms with Gasteiger partial charge in [-0.25, -0.2) is 9.18 Å². The zero-order valence-corrected chi connectivity index (χ0v) is 13.6. The van der Waals surface area contributed by atoms with Crippen LogP contribution in [-0.4, -0.2) is 24.4 Å². The second kappa shape index (κ2) is 7.82. The number of amides is 1. The van der Waals surface area contributed by atoms with Gasteiger partial charge in [-0.1, -0.05) is 12.1 Å². The van der Waals surface area contributed by atoms with E-state index in [1.54, 1.807) is 24.3 Å². The molecule has 7 nitrogen and oxygen atoms in total. The Bertz CT molecular complexity index is 859. The lowest BCUT2D eigenvalue weighted by molar-refractivity contribution is -0.0469. The normalized spacial score (nSPS) is 14.0. The molecular formula is C18H15FN2O5. The molecule has 8 heteroatoms. The first-order valence-corrected chi connectivity index (χ1v) is 7.76. The van der Waals surface area contributed by atoms with Crippen LogP contribution in [0.25, 0.3) is 0 Å². The Hall–Kier alpha value is -3.15. The second-order valence-corrected chi connectivity index (χ2v) is 5.44. The van der Waals surface area contributed by atoms with Gasteiger partial charge in [0.05, 0.1) is 30.4 Å². The number of nitrogens with one attached hydrogen (secondary N) is 1. The van der Waals surface area contributed by atoms with Crippen LogP contribution in [0.2, 0.25) is 0 Å². The van der Waals surface area contributed by atoms with Gasteiger partial charge < -0.3 is 19.3 Å². The fourth-order valence-corrected chi connectivity index (χ4v) is 2.56. The molecule has 1 amide bonds. The molecule has 0 spiro atoms. The highest BCUT2D eigenvalue weighted by molar-refractivity contribution is 5.82. The molecule has 0 aromatic heterocycles. The van der Waals surface area contributed by atoms with Crippen LogP contribution in [0, 0.1) is 17.1 Å². The Kier molecular flexibility index (Phi) is 5.31. The SMILES string of the molecule is N#Cc1ccc(OCc2cccc(NC(=O)O)c2)c(F)c1C1OCCO1. The van der Waals surface area contributed by atoms with E-state index in [2.05, 4.69) is 5.32 Å². The quantitative estimate of drug-likeness (QED) is 0.849. The molecule has 0 bridgehead atoms. The van der Waals surface area contributed by atoms with Gasteiger partial charge in [0.1, 0.15) is 6.61 Å². The highest BCUT2D eigenvalue weighted by Gasteiger charge is 2.27. The summed E-state index contributed by atoms with van der Waals surface area (Å²) in [6, 6.07) is 11.3. The summed E-state index contributed by atoms with van der Waals surface area (Å²) in [7, 11) is 0. The summed E-state index contributed by atoms with van der Waals surface area (Å²) in [5, 5.41) is 20.2. The summed E-state index contributed by atoms with van der Waals surface area (Å²) >= 11 is 0. The largest absolute Gasteiger partial charge is 0.486 e. The number of carboxylic acid groups (broad SMARTS) is 1. The molecule has 2 aromatic carbocycles. The first-order valence-electron chi connectivity index (χ1n) is 7.76.